The van der Waals surface area contributed by atoms with Crippen molar-refractivity contribution in [3.63, 3.8) is 0 Å². The fraction of sp³-hybridized carbons (Fsp3) is 0.250. The summed E-state index contributed by atoms with van der Waals surface area (Å²) in [5.74, 6) is -0.302. The Bertz CT molecular complexity index is 1380. The van der Waals surface area contributed by atoms with E-state index < -0.39 is 4.92 Å². The summed E-state index contributed by atoms with van der Waals surface area (Å²) in [4.78, 5) is 28.4. The van der Waals surface area contributed by atoms with E-state index in [0.717, 1.165) is 11.4 Å². The Kier molecular flexibility index (Phi) is 6.80. The van der Waals surface area contributed by atoms with E-state index in [-0.39, 0.29) is 23.0 Å². The van der Waals surface area contributed by atoms with Gasteiger partial charge < -0.3 is 9.30 Å². The predicted octanol–water partition coefficient (Wildman–Crippen LogP) is 5.11. The Hall–Kier alpha value is -3.50. The number of hydrogen-bond acceptors (Lipinski definition) is 6. The van der Waals surface area contributed by atoms with Crippen LogP contribution in [0.25, 0.3) is 16.7 Å². The van der Waals surface area contributed by atoms with E-state index in [0.29, 0.717) is 40.6 Å². The van der Waals surface area contributed by atoms with Crippen LogP contribution in [-0.2, 0) is 11.3 Å². The molecule has 0 amide bonds. The predicted molar refractivity (Wildman–Crippen MR) is 129 cm³/mol. The third kappa shape index (κ3) is 4.59. The number of methoxy groups -OCH3 is 1. The van der Waals surface area contributed by atoms with Crippen molar-refractivity contribution in [3.05, 3.63) is 81.4 Å². The molecule has 34 heavy (non-hydrogen) atoms. The number of halogens is 1. The number of nitrogens with zero attached hydrogens (tertiary/aromatic N) is 4. The first-order chi connectivity index (χ1) is 16.3. The van der Waals surface area contributed by atoms with Gasteiger partial charge >= 0.3 is 0 Å². The first-order valence-electron chi connectivity index (χ1n) is 10.5. The minimum absolute atomic E-state index is 0.0505. The highest BCUT2D eigenvalue weighted by atomic mass is 32.2. The highest BCUT2D eigenvalue weighted by Crippen LogP contribution is 2.31. The molecular formula is C24H23FN4O4S. The lowest BCUT2D eigenvalue weighted by molar-refractivity contribution is -0.384. The average Bonchev–Trinajstić information content (AvgIpc) is 3.32. The largest absolute Gasteiger partial charge is 0.383 e. The topological polar surface area (TPSA) is 92.2 Å². The second-order valence-corrected chi connectivity index (χ2v) is 8.72. The Balaban J connectivity index is 1.67. The normalized spacial score (nSPS) is 11.3. The molecule has 4 aromatic rings. The standard InChI is InChI=1S/C24H23FN4O4S/c1-15-12-20(16(2)27(15)10-11-33-3)23(30)14-34-24-26-21-13-19(29(31)32)8-9-22(21)28(24)18-6-4-17(25)5-7-18/h4-9,12-13H,10-11,14H2,1-3H3. The highest BCUT2D eigenvalue weighted by Gasteiger charge is 2.20. The first kappa shape index (κ1) is 23.7. The molecule has 2 aromatic heterocycles. The van der Waals surface area contributed by atoms with Gasteiger partial charge in [0.2, 0.25) is 0 Å². The number of fused-ring (bicyclic) bond motifs is 1. The van der Waals surface area contributed by atoms with E-state index in [9.17, 15) is 19.3 Å². The number of rotatable bonds is 9. The number of thioether (sulfide) groups is 1. The number of nitro benzene ring substituents is 1. The van der Waals surface area contributed by atoms with Crippen LogP contribution in [0.4, 0.5) is 10.1 Å². The van der Waals surface area contributed by atoms with Crippen molar-refractivity contribution in [2.45, 2.75) is 25.5 Å². The summed E-state index contributed by atoms with van der Waals surface area (Å²) in [6.07, 6.45) is 0. The molecule has 176 valence electrons. The molecule has 4 rings (SSSR count). The van der Waals surface area contributed by atoms with Gasteiger partial charge in [-0.1, -0.05) is 11.8 Å². The third-order valence-corrected chi connectivity index (χ3v) is 6.57. The lowest BCUT2D eigenvalue weighted by Gasteiger charge is -2.10. The number of hydrogen-bond donors (Lipinski definition) is 0. The van der Waals surface area contributed by atoms with Crippen LogP contribution in [0.3, 0.4) is 0 Å². The number of imidazole rings is 1. The van der Waals surface area contributed by atoms with Gasteiger partial charge in [-0.05, 0) is 50.2 Å². The van der Waals surface area contributed by atoms with Gasteiger partial charge in [0.15, 0.2) is 10.9 Å². The molecule has 10 heteroatoms. The van der Waals surface area contributed by atoms with Crippen LogP contribution in [-0.4, -0.2) is 44.3 Å². The molecule has 0 fully saturated rings. The van der Waals surface area contributed by atoms with Gasteiger partial charge in [-0.15, -0.1) is 0 Å². The molecule has 0 saturated heterocycles. The fourth-order valence-corrected chi connectivity index (χ4v) is 4.83. The van der Waals surface area contributed by atoms with Gasteiger partial charge in [0.25, 0.3) is 5.69 Å². The number of aromatic nitrogens is 3. The number of benzene rings is 2. The molecule has 2 aromatic carbocycles. The van der Waals surface area contributed by atoms with Crippen molar-refractivity contribution in [2.75, 3.05) is 19.5 Å². The molecule has 8 nitrogen and oxygen atoms in total. The van der Waals surface area contributed by atoms with Crippen molar-refractivity contribution < 1.29 is 18.8 Å². The Morgan fingerprint density at radius 1 is 1.18 bits per heavy atom. The van der Waals surface area contributed by atoms with E-state index in [4.69, 9.17) is 4.74 Å². The summed E-state index contributed by atoms with van der Waals surface area (Å²) < 4.78 is 22.5. The van der Waals surface area contributed by atoms with Gasteiger partial charge in [-0.3, -0.25) is 19.5 Å². The van der Waals surface area contributed by atoms with Crippen molar-refractivity contribution in [2.24, 2.45) is 0 Å². The second-order valence-electron chi connectivity index (χ2n) is 7.78. The van der Waals surface area contributed by atoms with E-state index in [1.165, 1.54) is 36.0 Å². The van der Waals surface area contributed by atoms with Crippen molar-refractivity contribution in [1.29, 1.82) is 0 Å². The molecule has 0 aliphatic rings. The van der Waals surface area contributed by atoms with Gasteiger partial charge in [0.05, 0.1) is 28.3 Å². The van der Waals surface area contributed by atoms with Gasteiger partial charge in [-0.2, -0.15) is 0 Å². The summed E-state index contributed by atoms with van der Waals surface area (Å²) in [6, 6.07) is 12.2. The van der Waals surface area contributed by atoms with E-state index >= 15 is 0 Å². The quantitative estimate of drug-likeness (QED) is 0.142. The number of nitro groups is 1. The third-order valence-electron chi connectivity index (χ3n) is 5.63. The fourth-order valence-electron chi connectivity index (χ4n) is 3.91. The number of aryl methyl sites for hydroxylation is 1. The Labute approximate surface area is 199 Å². The second kappa shape index (κ2) is 9.78. The maximum Gasteiger partial charge on any atom is 0.271 e. The highest BCUT2D eigenvalue weighted by molar-refractivity contribution is 7.99. The van der Waals surface area contributed by atoms with Crippen molar-refractivity contribution in [3.8, 4) is 5.69 Å². The van der Waals surface area contributed by atoms with E-state index in [1.807, 2.05) is 24.5 Å². The average molecular weight is 483 g/mol. The molecule has 0 unspecified atom stereocenters. The van der Waals surface area contributed by atoms with E-state index in [1.54, 1.807) is 29.9 Å². The van der Waals surface area contributed by atoms with Gasteiger partial charge in [0.1, 0.15) is 5.82 Å². The number of non-ortho nitro benzene ring substituents is 1. The lowest BCUT2D eigenvalue weighted by Crippen LogP contribution is -2.10. The summed E-state index contributed by atoms with van der Waals surface area (Å²) in [5, 5.41) is 11.7. The SMILES string of the molecule is COCCn1c(C)cc(C(=O)CSc2nc3cc([N+](=O)[O-])ccc3n2-c2ccc(F)cc2)c1C. The number of Topliss-reactive ketones (excluding diaryl/α,β-unsaturated/α-hetero) is 1. The first-order valence-corrected chi connectivity index (χ1v) is 11.5. The van der Waals surface area contributed by atoms with Crippen LogP contribution in [0.5, 0.6) is 0 Å². The summed E-state index contributed by atoms with van der Waals surface area (Å²) in [5.41, 5.74) is 4.12. The lowest BCUT2D eigenvalue weighted by atomic mass is 10.2. The van der Waals surface area contributed by atoms with Gasteiger partial charge in [0, 0.05) is 48.4 Å². The maximum atomic E-state index is 13.5. The zero-order chi connectivity index (χ0) is 24.4. The molecule has 0 spiro atoms. The number of carbonyl (C=O) groups is 1. The Morgan fingerprint density at radius 3 is 2.59 bits per heavy atom. The number of ether oxygens (including phenoxy) is 1. The van der Waals surface area contributed by atoms with Crippen LogP contribution in [0.2, 0.25) is 0 Å². The van der Waals surface area contributed by atoms with Crippen LogP contribution in [0, 0.1) is 29.8 Å². The molecule has 0 bridgehead atoms. The molecular weight excluding hydrogens is 459 g/mol. The molecule has 2 heterocycles. The zero-order valence-electron chi connectivity index (χ0n) is 18.9. The zero-order valence-corrected chi connectivity index (χ0v) is 19.8. The smallest absolute Gasteiger partial charge is 0.271 e. The van der Waals surface area contributed by atoms with Crippen molar-refractivity contribution >= 4 is 34.3 Å². The minimum Gasteiger partial charge on any atom is -0.383 e. The van der Waals surface area contributed by atoms with Crippen molar-refractivity contribution in [1.82, 2.24) is 14.1 Å². The van der Waals surface area contributed by atoms with Crippen LogP contribution in [0.15, 0.2) is 53.7 Å². The molecule has 0 N–H and O–H groups in total. The maximum absolute atomic E-state index is 13.5. The molecule has 0 radical (unpaired) electrons. The van der Waals surface area contributed by atoms with Gasteiger partial charge in [-0.25, -0.2) is 9.37 Å². The van der Waals surface area contributed by atoms with Crippen LogP contribution >= 0.6 is 11.8 Å². The number of ketones is 1. The molecule has 0 atom stereocenters. The minimum atomic E-state index is -0.480. The monoisotopic (exact) mass is 482 g/mol. The van der Waals surface area contributed by atoms with Crippen LogP contribution < -0.4 is 0 Å². The van der Waals surface area contributed by atoms with Crippen LogP contribution in [0.1, 0.15) is 21.7 Å². The molecule has 0 aliphatic heterocycles. The number of carbonyl (C=O) groups excluding carboxylic acids is 1. The summed E-state index contributed by atoms with van der Waals surface area (Å²) in [7, 11) is 1.64. The van der Waals surface area contributed by atoms with E-state index in [2.05, 4.69) is 4.98 Å². The summed E-state index contributed by atoms with van der Waals surface area (Å²) in [6.45, 7) is 5.07. The molecule has 0 saturated carbocycles. The summed E-state index contributed by atoms with van der Waals surface area (Å²) >= 11 is 1.24. The molecule has 0 aliphatic carbocycles. The Morgan fingerprint density at radius 2 is 1.91 bits per heavy atom.